The largest absolute Gasteiger partial charge is 0.476 e. The lowest BCUT2D eigenvalue weighted by Crippen LogP contribution is -2.48. The molecule has 1 heterocycles. The summed E-state index contributed by atoms with van der Waals surface area (Å²) in [5.74, 6) is 0.699. The third kappa shape index (κ3) is 4.41. The second-order valence-corrected chi connectivity index (χ2v) is 7.08. The van der Waals surface area contributed by atoms with E-state index in [1.807, 2.05) is 30.3 Å². The average Bonchev–Trinajstić information content (AvgIpc) is 2.68. The second kappa shape index (κ2) is 8.60. The van der Waals surface area contributed by atoms with Crippen molar-refractivity contribution in [2.24, 2.45) is 0 Å². The number of para-hydroxylation sites is 3. The van der Waals surface area contributed by atoms with Crippen molar-refractivity contribution >= 4 is 35.0 Å². The van der Waals surface area contributed by atoms with Gasteiger partial charge in [-0.3, -0.25) is 9.59 Å². The Morgan fingerprint density at radius 1 is 1.26 bits per heavy atom. The monoisotopic (exact) mass is 381 g/mol. The molecule has 2 aromatic rings. The zero-order chi connectivity index (χ0) is 19.2. The zero-order valence-electron chi connectivity index (χ0n) is 14.8. The fraction of sp³-hybridized carbons (Fsp3) is 0.250. The van der Waals surface area contributed by atoms with Crippen LogP contribution >= 0.6 is 11.8 Å². The number of nitrogens with one attached hydrogen (secondary N) is 1. The number of fused-ring (bicyclic) bond motifs is 1. The van der Waals surface area contributed by atoms with Crippen LogP contribution in [0.15, 0.2) is 53.4 Å². The second-order valence-electron chi connectivity index (χ2n) is 5.95. The number of thioether (sulfide) groups is 1. The van der Waals surface area contributed by atoms with E-state index in [4.69, 9.17) is 10.00 Å². The maximum Gasteiger partial charge on any atom is 0.267 e. The topological polar surface area (TPSA) is 82.4 Å². The number of ether oxygens (including phenoxy) is 1. The Morgan fingerprint density at radius 3 is 2.78 bits per heavy atom. The van der Waals surface area contributed by atoms with Crippen LogP contribution in [0.1, 0.15) is 13.3 Å². The van der Waals surface area contributed by atoms with E-state index in [1.54, 1.807) is 23.1 Å². The van der Waals surface area contributed by atoms with E-state index in [1.165, 1.54) is 18.7 Å². The van der Waals surface area contributed by atoms with Gasteiger partial charge in [-0.1, -0.05) is 24.3 Å². The summed E-state index contributed by atoms with van der Waals surface area (Å²) in [6, 6.07) is 16.7. The summed E-state index contributed by atoms with van der Waals surface area (Å²) in [6.07, 6.45) is -0.371. The first-order valence-corrected chi connectivity index (χ1v) is 9.52. The van der Waals surface area contributed by atoms with Gasteiger partial charge < -0.3 is 15.0 Å². The number of amides is 2. The number of carbonyl (C=O) groups is 2. The highest BCUT2D eigenvalue weighted by Crippen LogP contribution is 2.34. The molecule has 0 bridgehead atoms. The molecule has 1 aliphatic heterocycles. The zero-order valence-corrected chi connectivity index (χ0v) is 15.7. The predicted octanol–water partition coefficient (Wildman–Crippen LogP) is 3.44. The highest BCUT2D eigenvalue weighted by Gasteiger charge is 2.32. The van der Waals surface area contributed by atoms with Gasteiger partial charge in [0.2, 0.25) is 5.91 Å². The molecule has 0 fully saturated rings. The average molecular weight is 381 g/mol. The quantitative estimate of drug-likeness (QED) is 0.634. The van der Waals surface area contributed by atoms with E-state index in [2.05, 4.69) is 11.4 Å². The molecule has 7 heteroatoms. The first-order chi connectivity index (χ1) is 13.1. The van der Waals surface area contributed by atoms with Gasteiger partial charge >= 0.3 is 0 Å². The first kappa shape index (κ1) is 18.8. The van der Waals surface area contributed by atoms with Gasteiger partial charge in [0.05, 0.1) is 24.0 Å². The lowest BCUT2D eigenvalue weighted by molar-refractivity contribution is -0.123. The predicted molar refractivity (Wildman–Crippen MR) is 105 cm³/mol. The van der Waals surface area contributed by atoms with Gasteiger partial charge in [0, 0.05) is 24.0 Å². The minimum absolute atomic E-state index is 0.143. The fourth-order valence-electron chi connectivity index (χ4n) is 2.78. The molecule has 27 heavy (non-hydrogen) atoms. The standard InChI is InChI=1S/C20H19N3O3S/c1-14(24)23-13-18(26-17-9-4-3-8-16(17)23)20(25)22-15-7-2-5-10-19(15)27-12-6-11-21/h2-5,7-10,18H,6,12-13H2,1H3,(H,22,25)/t18-/m0/s1. The van der Waals surface area contributed by atoms with Crippen molar-refractivity contribution in [3.05, 3.63) is 48.5 Å². The summed E-state index contributed by atoms with van der Waals surface area (Å²) in [4.78, 5) is 27.2. The Labute approximate surface area is 162 Å². The maximum atomic E-state index is 12.8. The normalized spacial score (nSPS) is 15.3. The van der Waals surface area contributed by atoms with Gasteiger partial charge in [0.15, 0.2) is 6.10 Å². The smallest absolute Gasteiger partial charge is 0.267 e. The number of hydrogen-bond acceptors (Lipinski definition) is 5. The minimum atomic E-state index is -0.805. The van der Waals surface area contributed by atoms with Gasteiger partial charge in [-0.2, -0.15) is 5.26 Å². The van der Waals surface area contributed by atoms with Gasteiger partial charge in [-0.05, 0) is 24.3 Å². The SMILES string of the molecule is CC(=O)N1C[C@@H](C(=O)Nc2ccccc2SCCC#N)Oc2ccccc21. The molecule has 2 aromatic carbocycles. The van der Waals surface area contributed by atoms with Crippen molar-refractivity contribution in [2.75, 3.05) is 22.5 Å². The van der Waals surface area contributed by atoms with Gasteiger partial charge in [0.25, 0.3) is 5.91 Å². The van der Waals surface area contributed by atoms with Crippen LogP contribution in [-0.2, 0) is 9.59 Å². The Morgan fingerprint density at radius 2 is 2.00 bits per heavy atom. The summed E-state index contributed by atoms with van der Waals surface area (Å²) in [5.41, 5.74) is 1.34. The van der Waals surface area contributed by atoms with E-state index in [0.29, 0.717) is 29.3 Å². The third-order valence-corrected chi connectivity index (χ3v) is 5.14. The van der Waals surface area contributed by atoms with E-state index in [-0.39, 0.29) is 18.4 Å². The highest BCUT2D eigenvalue weighted by molar-refractivity contribution is 7.99. The van der Waals surface area contributed by atoms with Crippen molar-refractivity contribution in [3.63, 3.8) is 0 Å². The Balaban J connectivity index is 1.76. The van der Waals surface area contributed by atoms with Crippen molar-refractivity contribution in [1.82, 2.24) is 0 Å². The first-order valence-electron chi connectivity index (χ1n) is 8.53. The van der Waals surface area contributed by atoms with Crippen LogP contribution < -0.4 is 15.0 Å². The highest BCUT2D eigenvalue weighted by atomic mass is 32.2. The van der Waals surface area contributed by atoms with E-state index in [0.717, 1.165) is 4.90 Å². The maximum absolute atomic E-state index is 12.8. The van der Waals surface area contributed by atoms with Crippen molar-refractivity contribution in [2.45, 2.75) is 24.3 Å². The number of anilines is 2. The Kier molecular flexibility index (Phi) is 5.99. The lowest BCUT2D eigenvalue weighted by atomic mass is 10.1. The van der Waals surface area contributed by atoms with E-state index < -0.39 is 6.10 Å². The summed E-state index contributed by atoms with van der Waals surface area (Å²) in [6.45, 7) is 1.63. The van der Waals surface area contributed by atoms with Gasteiger partial charge in [-0.25, -0.2) is 0 Å². The molecule has 1 aliphatic rings. The van der Waals surface area contributed by atoms with Crippen molar-refractivity contribution in [1.29, 1.82) is 5.26 Å². The molecular formula is C20H19N3O3S. The lowest BCUT2D eigenvalue weighted by Gasteiger charge is -2.33. The number of carbonyl (C=O) groups excluding carboxylic acids is 2. The molecule has 0 saturated carbocycles. The van der Waals surface area contributed by atoms with Crippen molar-refractivity contribution < 1.29 is 14.3 Å². The molecule has 0 saturated heterocycles. The minimum Gasteiger partial charge on any atom is -0.476 e. The molecule has 0 spiro atoms. The molecule has 2 amide bonds. The number of nitriles is 1. The van der Waals surface area contributed by atoms with Crippen LogP contribution in [0.3, 0.4) is 0 Å². The van der Waals surface area contributed by atoms with Crippen molar-refractivity contribution in [3.8, 4) is 11.8 Å². The molecule has 0 unspecified atom stereocenters. The molecular weight excluding hydrogens is 362 g/mol. The van der Waals surface area contributed by atoms with Crippen LogP contribution in [0.4, 0.5) is 11.4 Å². The molecule has 1 atom stereocenters. The molecule has 1 N–H and O–H groups in total. The molecule has 3 rings (SSSR count). The molecule has 0 aromatic heterocycles. The van der Waals surface area contributed by atoms with E-state index >= 15 is 0 Å². The Hall–Kier alpha value is -2.98. The van der Waals surface area contributed by atoms with Crippen LogP contribution in [0.5, 0.6) is 5.75 Å². The number of rotatable bonds is 5. The molecule has 0 aliphatic carbocycles. The number of benzene rings is 2. The fourth-order valence-corrected chi connectivity index (χ4v) is 3.65. The van der Waals surface area contributed by atoms with Crippen LogP contribution in [0, 0.1) is 11.3 Å². The summed E-state index contributed by atoms with van der Waals surface area (Å²) in [7, 11) is 0. The summed E-state index contributed by atoms with van der Waals surface area (Å²) >= 11 is 1.51. The number of hydrogen-bond donors (Lipinski definition) is 1. The van der Waals surface area contributed by atoms with Crippen LogP contribution in [-0.4, -0.2) is 30.2 Å². The summed E-state index contributed by atoms with van der Waals surface area (Å²) < 4.78 is 5.83. The Bertz CT molecular complexity index is 894. The third-order valence-electron chi connectivity index (χ3n) is 4.06. The number of nitrogens with zero attached hydrogens (tertiary/aromatic N) is 2. The molecule has 138 valence electrons. The van der Waals surface area contributed by atoms with Crippen LogP contribution in [0.2, 0.25) is 0 Å². The van der Waals surface area contributed by atoms with Gasteiger partial charge in [-0.15, -0.1) is 11.8 Å². The molecule has 0 radical (unpaired) electrons. The molecule has 6 nitrogen and oxygen atoms in total. The van der Waals surface area contributed by atoms with Gasteiger partial charge in [0.1, 0.15) is 5.75 Å². The van der Waals surface area contributed by atoms with E-state index in [9.17, 15) is 9.59 Å². The van der Waals surface area contributed by atoms with Crippen LogP contribution in [0.25, 0.3) is 0 Å². The summed E-state index contributed by atoms with van der Waals surface area (Å²) in [5, 5.41) is 11.6.